The third kappa shape index (κ3) is 5.63. The van der Waals surface area contributed by atoms with Gasteiger partial charge >= 0.3 is 0 Å². The molecule has 0 radical (unpaired) electrons. The molecule has 0 saturated heterocycles. The van der Waals surface area contributed by atoms with Crippen molar-refractivity contribution in [3.05, 3.63) is 28.2 Å². The van der Waals surface area contributed by atoms with Crippen LogP contribution in [0, 0.1) is 0 Å². The van der Waals surface area contributed by atoms with E-state index in [0.29, 0.717) is 12.3 Å². The third-order valence-corrected chi connectivity index (χ3v) is 5.14. The van der Waals surface area contributed by atoms with Gasteiger partial charge in [-0.15, -0.1) is 0 Å². The summed E-state index contributed by atoms with van der Waals surface area (Å²) in [4.78, 5) is 0. The van der Waals surface area contributed by atoms with Crippen molar-refractivity contribution in [1.29, 1.82) is 0 Å². The lowest BCUT2D eigenvalue weighted by atomic mass is 10.2. The van der Waals surface area contributed by atoms with Crippen LogP contribution in [0.25, 0.3) is 0 Å². The second kappa shape index (κ2) is 7.41. The van der Waals surface area contributed by atoms with E-state index >= 15 is 0 Å². The Hall–Kier alpha value is -0.390. The number of nitrogens with one attached hydrogen (secondary N) is 1. The van der Waals surface area contributed by atoms with Crippen LogP contribution in [-0.4, -0.2) is 28.4 Å². The Balaban J connectivity index is 2.46. The van der Waals surface area contributed by atoms with Crippen LogP contribution >= 0.6 is 15.9 Å². The number of hydrogen-bond donors (Lipinski definition) is 1. The van der Waals surface area contributed by atoms with Crippen LogP contribution < -0.4 is 10.1 Å². The van der Waals surface area contributed by atoms with Gasteiger partial charge < -0.3 is 10.1 Å². The Bertz CT molecular complexity index is 444. The van der Waals surface area contributed by atoms with Crippen molar-refractivity contribution in [2.24, 2.45) is 0 Å². The zero-order valence-electron chi connectivity index (χ0n) is 12.0. The van der Waals surface area contributed by atoms with Crippen LogP contribution in [0.3, 0.4) is 0 Å². The van der Waals surface area contributed by atoms with Crippen molar-refractivity contribution >= 4 is 26.7 Å². The first kappa shape index (κ1) is 16.7. The summed E-state index contributed by atoms with van der Waals surface area (Å²) in [6.45, 7) is 7.45. The standard InChI is InChI=1S/C14H22BrNO2S/c1-14(2,3)19(17)8-7-16-10-11-9-12(15)5-6-13(11)18-4/h5-6,9,16H,7-8,10H2,1-4H3. The molecule has 0 aliphatic heterocycles. The van der Waals surface area contributed by atoms with Gasteiger partial charge in [0.25, 0.3) is 0 Å². The van der Waals surface area contributed by atoms with Gasteiger partial charge in [-0.2, -0.15) is 0 Å². The summed E-state index contributed by atoms with van der Waals surface area (Å²) >= 11 is 3.45. The Labute approximate surface area is 126 Å². The van der Waals surface area contributed by atoms with Crippen molar-refractivity contribution in [3.63, 3.8) is 0 Å². The quantitative estimate of drug-likeness (QED) is 0.803. The second-order valence-corrected chi connectivity index (χ2v) is 8.53. The first-order valence-electron chi connectivity index (χ1n) is 6.26. The summed E-state index contributed by atoms with van der Waals surface area (Å²) in [5, 5.41) is 3.31. The van der Waals surface area contributed by atoms with E-state index in [1.165, 1.54) is 0 Å². The van der Waals surface area contributed by atoms with E-state index in [1.807, 2.05) is 39.0 Å². The molecule has 0 bridgehead atoms. The number of ether oxygens (including phenoxy) is 1. The molecular formula is C14H22BrNO2S. The van der Waals surface area contributed by atoms with Gasteiger partial charge in [-0.1, -0.05) is 15.9 Å². The van der Waals surface area contributed by atoms with E-state index in [-0.39, 0.29) is 4.75 Å². The van der Waals surface area contributed by atoms with Gasteiger partial charge in [-0.05, 0) is 39.0 Å². The molecule has 0 aliphatic rings. The lowest BCUT2D eigenvalue weighted by Gasteiger charge is -2.18. The van der Waals surface area contributed by atoms with Crippen LogP contribution in [0.5, 0.6) is 5.75 Å². The highest BCUT2D eigenvalue weighted by Gasteiger charge is 2.18. The lowest BCUT2D eigenvalue weighted by Crippen LogP contribution is -2.29. The molecule has 3 nitrogen and oxygen atoms in total. The smallest absolute Gasteiger partial charge is 0.123 e. The lowest BCUT2D eigenvalue weighted by molar-refractivity contribution is 0.408. The molecule has 5 heteroatoms. The molecule has 108 valence electrons. The summed E-state index contributed by atoms with van der Waals surface area (Å²) in [6.07, 6.45) is 0. The van der Waals surface area contributed by atoms with E-state index in [4.69, 9.17) is 4.74 Å². The van der Waals surface area contributed by atoms with E-state index in [2.05, 4.69) is 21.2 Å². The minimum atomic E-state index is -0.810. The largest absolute Gasteiger partial charge is 0.496 e. The van der Waals surface area contributed by atoms with Gasteiger partial charge in [-0.25, -0.2) is 0 Å². The van der Waals surface area contributed by atoms with Crippen molar-refractivity contribution in [1.82, 2.24) is 5.32 Å². The van der Waals surface area contributed by atoms with Crippen molar-refractivity contribution in [2.45, 2.75) is 32.1 Å². The van der Waals surface area contributed by atoms with Crippen LogP contribution in [0.1, 0.15) is 26.3 Å². The molecule has 0 fully saturated rings. The maximum Gasteiger partial charge on any atom is 0.123 e. The predicted molar refractivity (Wildman–Crippen MR) is 85.2 cm³/mol. The van der Waals surface area contributed by atoms with Gasteiger partial charge in [-0.3, -0.25) is 4.21 Å². The minimum Gasteiger partial charge on any atom is -0.496 e. The van der Waals surface area contributed by atoms with Gasteiger partial charge in [0, 0.05) is 44.4 Å². The Morgan fingerprint density at radius 3 is 2.63 bits per heavy atom. The van der Waals surface area contributed by atoms with Gasteiger partial charge in [0.15, 0.2) is 0 Å². The Morgan fingerprint density at radius 2 is 2.05 bits per heavy atom. The zero-order chi connectivity index (χ0) is 14.5. The van der Waals surface area contributed by atoms with Crippen LogP contribution in [-0.2, 0) is 17.3 Å². The third-order valence-electron chi connectivity index (χ3n) is 2.71. The summed E-state index contributed by atoms with van der Waals surface area (Å²) in [7, 11) is 0.858. The normalized spacial score (nSPS) is 13.3. The second-order valence-electron chi connectivity index (χ2n) is 5.29. The highest BCUT2D eigenvalue weighted by Crippen LogP contribution is 2.22. The number of halogens is 1. The number of hydrogen-bond acceptors (Lipinski definition) is 3. The first-order chi connectivity index (χ1) is 8.84. The molecule has 0 heterocycles. The number of rotatable bonds is 6. The number of benzene rings is 1. The van der Waals surface area contributed by atoms with Gasteiger partial charge in [0.1, 0.15) is 5.75 Å². The van der Waals surface area contributed by atoms with E-state index in [0.717, 1.165) is 22.3 Å². The molecule has 0 spiro atoms. The van der Waals surface area contributed by atoms with Crippen molar-refractivity contribution in [3.8, 4) is 5.75 Å². The molecule has 0 aromatic heterocycles. The monoisotopic (exact) mass is 347 g/mol. The maximum absolute atomic E-state index is 11.9. The summed E-state index contributed by atoms with van der Waals surface area (Å²) in [6, 6.07) is 5.93. The SMILES string of the molecule is COc1ccc(Br)cc1CNCCS(=O)C(C)(C)C. The fraction of sp³-hybridized carbons (Fsp3) is 0.571. The molecule has 1 aromatic carbocycles. The minimum absolute atomic E-state index is 0.144. The molecule has 1 rings (SSSR count). The average molecular weight is 348 g/mol. The summed E-state index contributed by atoms with van der Waals surface area (Å²) in [5.74, 6) is 1.53. The maximum atomic E-state index is 11.9. The van der Waals surface area contributed by atoms with Crippen LogP contribution in [0.2, 0.25) is 0 Å². The molecule has 1 atom stereocenters. The number of methoxy groups -OCH3 is 1. The van der Waals surface area contributed by atoms with Gasteiger partial charge in [0.2, 0.25) is 0 Å². The van der Waals surface area contributed by atoms with Crippen LogP contribution in [0.4, 0.5) is 0 Å². The predicted octanol–water partition coefficient (Wildman–Crippen LogP) is 3.09. The summed E-state index contributed by atoms with van der Waals surface area (Å²) in [5.41, 5.74) is 1.10. The molecular weight excluding hydrogens is 326 g/mol. The van der Waals surface area contributed by atoms with Crippen LogP contribution in [0.15, 0.2) is 22.7 Å². The molecule has 0 saturated carbocycles. The molecule has 1 N–H and O–H groups in total. The van der Waals surface area contributed by atoms with E-state index < -0.39 is 10.8 Å². The Morgan fingerprint density at radius 1 is 1.37 bits per heavy atom. The fourth-order valence-corrected chi connectivity index (χ4v) is 2.93. The molecule has 0 amide bonds. The highest BCUT2D eigenvalue weighted by molar-refractivity contribution is 9.10. The Kier molecular flexibility index (Phi) is 6.50. The topological polar surface area (TPSA) is 38.3 Å². The summed E-state index contributed by atoms with van der Waals surface area (Å²) < 4.78 is 18.1. The zero-order valence-corrected chi connectivity index (χ0v) is 14.4. The molecule has 1 aromatic rings. The molecule has 19 heavy (non-hydrogen) atoms. The average Bonchev–Trinajstić information content (AvgIpc) is 2.33. The van der Waals surface area contributed by atoms with E-state index in [1.54, 1.807) is 7.11 Å². The molecule has 1 unspecified atom stereocenters. The highest BCUT2D eigenvalue weighted by atomic mass is 79.9. The van der Waals surface area contributed by atoms with Crippen molar-refractivity contribution in [2.75, 3.05) is 19.4 Å². The first-order valence-corrected chi connectivity index (χ1v) is 8.37. The van der Waals surface area contributed by atoms with Gasteiger partial charge in [0.05, 0.1) is 7.11 Å². The molecule has 0 aliphatic carbocycles. The fourth-order valence-electron chi connectivity index (χ4n) is 1.58. The van der Waals surface area contributed by atoms with E-state index in [9.17, 15) is 4.21 Å². The van der Waals surface area contributed by atoms with Crippen molar-refractivity contribution < 1.29 is 8.95 Å².